The minimum Gasteiger partial charge on any atom is -0.250 e. The van der Waals surface area contributed by atoms with Gasteiger partial charge in [-0.05, 0) is 18.6 Å². The second-order valence-electron chi connectivity index (χ2n) is 7.50. The lowest BCUT2D eigenvalue weighted by molar-refractivity contribution is 0.556. The zero-order valence-corrected chi connectivity index (χ0v) is 13.4. The maximum atomic E-state index is 4.88. The molecule has 0 bridgehead atoms. The molecule has 0 aliphatic heterocycles. The summed E-state index contributed by atoms with van der Waals surface area (Å²) in [7, 11) is 1.98. The molecule has 3 heteroatoms. The zero-order chi connectivity index (χ0) is 14.6. The molecule has 0 aliphatic carbocycles. The average molecular weight is 259 g/mol. The van der Waals surface area contributed by atoms with E-state index < -0.39 is 0 Å². The summed E-state index contributed by atoms with van der Waals surface area (Å²) >= 11 is 0. The summed E-state index contributed by atoms with van der Waals surface area (Å²) in [6, 6.07) is 2.25. The van der Waals surface area contributed by atoms with Crippen LogP contribution in [0.1, 0.15) is 58.5 Å². The first-order chi connectivity index (χ1) is 8.51. The van der Waals surface area contributed by atoms with Crippen molar-refractivity contribution in [2.24, 2.45) is 7.05 Å². The summed E-state index contributed by atoms with van der Waals surface area (Å²) in [5.41, 5.74) is 4.62. The van der Waals surface area contributed by atoms with Gasteiger partial charge in [-0.1, -0.05) is 41.5 Å². The summed E-state index contributed by atoms with van der Waals surface area (Å²) in [5.74, 6) is 0. The Balaban J connectivity index is 2.81. The van der Waals surface area contributed by atoms with Crippen LogP contribution in [0, 0.1) is 6.92 Å². The number of fused-ring (bicyclic) bond motifs is 1. The Labute approximate surface area is 116 Å². The molecule has 104 valence electrons. The van der Waals surface area contributed by atoms with Gasteiger partial charge in [0.25, 0.3) is 0 Å². The molecule has 0 unspecified atom stereocenters. The smallest absolute Gasteiger partial charge is 0.158 e. The quantitative estimate of drug-likeness (QED) is 0.719. The Morgan fingerprint density at radius 3 is 1.95 bits per heavy atom. The van der Waals surface area contributed by atoms with Crippen LogP contribution in [0.5, 0.6) is 0 Å². The predicted octanol–water partition coefficient (Wildman–Crippen LogP) is 3.87. The molecule has 0 spiro atoms. The molecule has 2 aromatic rings. The van der Waals surface area contributed by atoms with Gasteiger partial charge < -0.3 is 0 Å². The summed E-state index contributed by atoms with van der Waals surface area (Å²) in [4.78, 5) is 4.88. The Kier molecular flexibility index (Phi) is 3.00. The van der Waals surface area contributed by atoms with Crippen LogP contribution in [0.25, 0.3) is 11.0 Å². The Morgan fingerprint density at radius 2 is 1.47 bits per heavy atom. The van der Waals surface area contributed by atoms with Gasteiger partial charge >= 0.3 is 0 Å². The molecular formula is C16H25N3. The number of pyridine rings is 1. The fourth-order valence-corrected chi connectivity index (χ4v) is 2.59. The molecule has 2 rings (SSSR count). The van der Waals surface area contributed by atoms with Gasteiger partial charge in [-0.3, -0.25) is 4.68 Å². The lowest BCUT2D eigenvalue weighted by atomic mass is 9.86. The van der Waals surface area contributed by atoms with Crippen LogP contribution in [-0.4, -0.2) is 14.8 Å². The highest BCUT2D eigenvalue weighted by atomic mass is 15.3. The normalized spacial score (nSPS) is 13.3. The van der Waals surface area contributed by atoms with Gasteiger partial charge in [0.2, 0.25) is 0 Å². The number of rotatable bonds is 0. The van der Waals surface area contributed by atoms with Gasteiger partial charge in [0.1, 0.15) is 0 Å². The van der Waals surface area contributed by atoms with Gasteiger partial charge in [0, 0.05) is 23.3 Å². The highest BCUT2D eigenvalue weighted by Crippen LogP contribution is 2.32. The third-order valence-corrected chi connectivity index (χ3v) is 3.43. The van der Waals surface area contributed by atoms with E-state index in [0.717, 1.165) is 17.0 Å². The van der Waals surface area contributed by atoms with Crippen molar-refractivity contribution in [3.05, 3.63) is 23.0 Å². The van der Waals surface area contributed by atoms with Crippen molar-refractivity contribution in [1.29, 1.82) is 0 Å². The molecule has 0 amide bonds. The molecule has 19 heavy (non-hydrogen) atoms. The number of hydrogen-bond acceptors (Lipinski definition) is 2. The van der Waals surface area contributed by atoms with Gasteiger partial charge in [-0.2, -0.15) is 5.10 Å². The third-order valence-electron chi connectivity index (χ3n) is 3.43. The maximum absolute atomic E-state index is 4.88. The van der Waals surface area contributed by atoms with Crippen molar-refractivity contribution in [3.63, 3.8) is 0 Å². The molecule has 2 heterocycles. The molecule has 0 atom stereocenters. The van der Waals surface area contributed by atoms with Gasteiger partial charge in [-0.25, -0.2) is 4.98 Å². The molecule has 0 saturated heterocycles. The number of nitrogens with zero attached hydrogens (tertiary/aromatic N) is 3. The molecule has 2 aromatic heterocycles. The molecular weight excluding hydrogens is 234 g/mol. The third kappa shape index (κ3) is 2.38. The van der Waals surface area contributed by atoms with E-state index in [0.29, 0.717) is 0 Å². The SMILES string of the molecule is Cc1cc2c(C(C)(C)C)nn(C)c2nc1C(C)(C)C. The lowest BCUT2D eigenvalue weighted by Gasteiger charge is -2.21. The summed E-state index contributed by atoms with van der Waals surface area (Å²) in [6.45, 7) is 15.3. The van der Waals surface area contributed by atoms with Crippen LogP contribution < -0.4 is 0 Å². The minimum absolute atomic E-state index is 0.0386. The molecule has 0 aromatic carbocycles. The minimum atomic E-state index is 0.0386. The second-order valence-corrected chi connectivity index (χ2v) is 7.50. The first-order valence-electron chi connectivity index (χ1n) is 6.87. The van der Waals surface area contributed by atoms with E-state index in [9.17, 15) is 0 Å². The van der Waals surface area contributed by atoms with E-state index in [-0.39, 0.29) is 10.8 Å². The fourth-order valence-electron chi connectivity index (χ4n) is 2.59. The van der Waals surface area contributed by atoms with Crippen LogP contribution in [0.3, 0.4) is 0 Å². The van der Waals surface area contributed by atoms with E-state index in [4.69, 9.17) is 4.98 Å². The standard InChI is InChI=1S/C16H25N3/c1-10-9-11-13(16(5,6)7)18-19(8)14(11)17-12(10)15(2,3)4/h9H,1-8H3. The van der Waals surface area contributed by atoms with Gasteiger partial charge in [0.15, 0.2) is 5.65 Å². The number of aromatic nitrogens is 3. The zero-order valence-electron chi connectivity index (χ0n) is 13.4. The van der Waals surface area contributed by atoms with E-state index in [1.807, 2.05) is 11.7 Å². The second kappa shape index (κ2) is 4.06. The Bertz CT molecular complexity index is 622. The maximum Gasteiger partial charge on any atom is 0.158 e. The van der Waals surface area contributed by atoms with Crippen LogP contribution >= 0.6 is 0 Å². The van der Waals surface area contributed by atoms with E-state index >= 15 is 0 Å². The Morgan fingerprint density at radius 1 is 0.947 bits per heavy atom. The van der Waals surface area contributed by atoms with Crippen LogP contribution in [0.4, 0.5) is 0 Å². The molecule has 0 aliphatic rings. The highest BCUT2D eigenvalue weighted by Gasteiger charge is 2.25. The van der Waals surface area contributed by atoms with E-state index in [1.54, 1.807) is 0 Å². The average Bonchev–Trinajstić information content (AvgIpc) is 2.52. The molecule has 3 nitrogen and oxygen atoms in total. The number of hydrogen-bond donors (Lipinski definition) is 0. The molecule has 0 saturated carbocycles. The topological polar surface area (TPSA) is 30.7 Å². The van der Waals surface area contributed by atoms with Crippen molar-refractivity contribution in [2.75, 3.05) is 0 Å². The van der Waals surface area contributed by atoms with Crippen LogP contribution in [-0.2, 0) is 17.9 Å². The molecule has 0 fully saturated rings. The van der Waals surface area contributed by atoms with Crippen LogP contribution in [0.2, 0.25) is 0 Å². The first-order valence-corrected chi connectivity index (χ1v) is 6.87. The number of aryl methyl sites for hydroxylation is 2. The fraction of sp³-hybridized carbons (Fsp3) is 0.625. The van der Waals surface area contributed by atoms with Gasteiger partial charge in [0.05, 0.1) is 11.4 Å². The monoisotopic (exact) mass is 259 g/mol. The highest BCUT2D eigenvalue weighted by molar-refractivity contribution is 5.80. The molecule has 0 N–H and O–H groups in total. The summed E-state index contributed by atoms with van der Waals surface area (Å²) < 4.78 is 1.91. The van der Waals surface area contributed by atoms with Crippen molar-refractivity contribution < 1.29 is 0 Å². The van der Waals surface area contributed by atoms with E-state index in [2.05, 4.69) is 59.6 Å². The first kappa shape index (κ1) is 14.0. The van der Waals surface area contributed by atoms with Crippen LogP contribution in [0.15, 0.2) is 6.07 Å². The van der Waals surface area contributed by atoms with E-state index in [1.165, 1.54) is 10.9 Å². The summed E-state index contributed by atoms with van der Waals surface area (Å²) in [6.07, 6.45) is 0. The van der Waals surface area contributed by atoms with Crippen molar-refractivity contribution >= 4 is 11.0 Å². The summed E-state index contributed by atoms with van der Waals surface area (Å²) in [5, 5.41) is 5.86. The lowest BCUT2D eigenvalue weighted by Crippen LogP contribution is -2.16. The van der Waals surface area contributed by atoms with Crippen molar-refractivity contribution in [1.82, 2.24) is 14.8 Å². The Hall–Kier alpha value is -1.38. The van der Waals surface area contributed by atoms with Gasteiger partial charge in [-0.15, -0.1) is 0 Å². The molecule has 0 radical (unpaired) electrons. The van der Waals surface area contributed by atoms with Crippen molar-refractivity contribution in [2.45, 2.75) is 59.3 Å². The van der Waals surface area contributed by atoms with Crippen molar-refractivity contribution in [3.8, 4) is 0 Å². The largest absolute Gasteiger partial charge is 0.250 e. The predicted molar refractivity (Wildman–Crippen MR) is 80.6 cm³/mol.